The zero-order valence-corrected chi connectivity index (χ0v) is 10.1. The molecule has 2 nitrogen and oxygen atoms in total. The van der Waals surface area contributed by atoms with Crippen molar-refractivity contribution in [1.82, 2.24) is 0 Å². The van der Waals surface area contributed by atoms with Crippen LogP contribution >= 0.6 is 0 Å². The molecule has 0 aliphatic heterocycles. The van der Waals surface area contributed by atoms with Crippen LogP contribution in [-0.2, 0) is 0 Å². The van der Waals surface area contributed by atoms with Crippen molar-refractivity contribution in [3.8, 4) is 5.75 Å². The summed E-state index contributed by atoms with van der Waals surface area (Å²) in [5.41, 5.74) is 1.02. The van der Waals surface area contributed by atoms with Gasteiger partial charge in [0.2, 0.25) is 0 Å². The van der Waals surface area contributed by atoms with Crippen LogP contribution in [0.3, 0.4) is 0 Å². The summed E-state index contributed by atoms with van der Waals surface area (Å²) in [7, 11) is 0. The zero-order chi connectivity index (χ0) is 11.7. The molecule has 0 heterocycles. The van der Waals surface area contributed by atoms with E-state index in [0.717, 1.165) is 24.2 Å². The summed E-state index contributed by atoms with van der Waals surface area (Å²) >= 11 is 0. The van der Waals surface area contributed by atoms with Crippen LogP contribution in [0.5, 0.6) is 5.75 Å². The molecular formula is C15H20O2. The van der Waals surface area contributed by atoms with Crippen molar-refractivity contribution in [2.45, 2.75) is 50.7 Å². The van der Waals surface area contributed by atoms with Crippen molar-refractivity contribution >= 4 is 0 Å². The first-order chi connectivity index (χ1) is 8.33. The van der Waals surface area contributed by atoms with E-state index in [4.69, 9.17) is 4.74 Å². The molecule has 0 amide bonds. The fourth-order valence-corrected chi connectivity index (χ4v) is 2.70. The van der Waals surface area contributed by atoms with Crippen LogP contribution in [0, 0.1) is 5.92 Å². The predicted molar refractivity (Wildman–Crippen MR) is 67.0 cm³/mol. The van der Waals surface area contributed by atoms with Crippen LogP contribution < -0.4 is 4.74 Å². The zero-order valence-electron chi connectivity index (χ0n) is 10.1. The molecule has 1 aromatic rings. The van der Waals surface area contributed by atoms with Crippen LogP contribution in [0.25, 0.3) is 0 Å². The van der Waals surface area contributed by atoms with Crippen LogP contribution in [0.1, 0.15) is 50.2 Å². The summed E-state index contributed by atoms with van der Waals surface area (Å²) in [5.74, 6) is 1.37. The lowest BCUT2D eigenvalue weighted by atomic mass is 9.94. The molecule has 0 saturated heterocycles. The Balaban J connectivity index is 1.71. The number of aliphatic hydroxyl groups excluding tert-OH is 1. The lowest BCUT2D eigenvalue weighted by molar-refractivity contribution is 0.111. The molecule has 0 bridgehead atoms. The minimum atomic E-state index is -0.305. The third kappa shape index (κ3) is 2.63. The molecule has 1 unspecified atom stereocenters. The van der Waals surface area contributed by atoms with E-state index in [-0.39, 0.29) is 6.10 Å². The van der Waals surface area contributed by atoms with Gasteiger partial charge in [0.15, 0.2) is 0 Å². The first-order valence-corrected chi connectivity index (χ1v) is 6.77. The lowest BCUT2D eigenvalue weighted by Crippen LogP contribution is -2.09. The second kappa shape index (κ2) is 4.69. The second-order valence-electron chi connectivity index (χ2n) is 5.38. The van der Waals surface area contributed by atoms with E-state index in [9.17, 15) is 5.11 Å². The van der Waals surface area contributed by atoms with Crippen molar-refractivity contribution < 1.29 is 9.84 Å². The largest absolute Gasteiger partial charge is 0.490 e. The molecule has 0 aromatic heterocycles. The summed E-state index contributed by atoms with van der Waals surface area (Å²) in [6.45, 7) is 0. The molecule has 2 aliphatic carbocycles. The van der Waals surface area contributed by atoms with Crippen LogP contribution in [0.2, 0.25) is 0 Å². The van der Waals surface area contributed by atoms with Gasteiger partial charge in [0, 0.05) is 0 Å². The lowest BCUT2D eigenvalue weighted by Gasteiger charge is -2.18. The van der Waals surface area contributed by atoms with Gasteiger partial charge >= 0.3 is 0 Å². The van der Waals surface area contributed by atoms with Gasteiger partial charge in [-0.05, 0) is 49.3 Å². The van der Waals surface area contributed by atoms with Crippen molar-refractivity contribution in [3.05, 3.63) is 29.8 Å². The molecule has 3 rings (SSSR count). The molecule has 2 saturated carbocycles. The van der Waals surface area contributed by atoms with Crippen LogP contribution in [0.4, 0.5) is 0 Å². The molecule has 92 valence electrons. The summed E-state index contributed by atoms with van der Waals surface area (Å²) < 4.78 is 5.77. The Morgan fingerprint density at radius 3 is 2.59 bits per heavy atom. The van der Waals surface area contributed by atoms with E-state index in [1.165, 1.54) is 25.7 Å². The molecule has 2 heteroatoms. The molecule has 1 N–H and O–H groups in total. The molecule has 1 atom stereocenters. The smallest absolute Gasteiger partial charge is 0.120 e. The van der Waals surface area contributed by atoms with E-state index in [1.807, 2.05) is 24.3 Å². The molecule has 0 spiro atoms. The summed E-state index contributed by atoms with van der Waals surface area (Å²) in [6.07, 6.45) is 7.32. The van der Waals surface area contributed by atoms with Crippen LogP contribution in [-0.4, -0.2) is 11.2 Å². The maximum Gasteiger partial charge on any atom is 0.120 e. The van der Waals surface area contributed by atoms with Crippen molar-refractivity contribution in [3.63, 3.8) is 0 Å². The topological polar surface area (TPSA) is 29.5 Å². The van der Waals surface area contributed by atoms with E-state index in [2.05, 4.69) is 0 Å². The number of rotatable bonds is 4. The number of benzene rings is 1. The Bertz CT molecular complexity index is 378. The minimum Gasteiger partial charge on any atom is -0.490 e. The van der Waals surface area contributed by atoms with E-state index in [1.54, 1.807) is 0 Å². The van der Waals surface area contributed by atoms with Gasteiger partial charge in [0.25, 0.3) is 0 Å². The van der Waals surface area contributed by atoms with Gasteiger partial charge in [-0.1, -0.05) is 25.0 Å². The third-order valence-corrected chi connectivity index (χ3v) is 3.87. The van der Waals surface area contributed by atoms with Gasteiger partial charge in [-0.2, -0.15) is 0 Å². The fraction of sp³-hybridized carbons (Fsp3) is 0.600. The number of ether oxygens (including phenoxy) is 1. The number of hydrogen-bond donors (Lipinski definition) is 1. The predicted octanol–water partition coefficient (Wildman–Crippen LogP) is 3.45. The first-order valence-electron chi connectivity index (χ1n) is 6.77. The maximum absolute atomic E-state index is 10.3. The van der Waals surface area contributed by atoms with E-state index in [0.29, 0.717) is 12.0 Å². The molecule has 1 aromatic carbocycles. The number of aliphatic hydroxyl groups is 1. The van der Waals surface area contributed by atoms with Gasteiger partial charge in [-0.15, -0.1) is 0 Å². The monoisotopic (exact) mass is 232 g/mol. The van der Waals surface area contributed by atoms with Crippen LogP contribution in [0.15, 0.2) is 24.3 Å². The van der Waals surface area contributed by atoms with Crippen molar-refractivity contribution in [1.29, 1.82) is 0 Å². The molecular weight excluding hydrogens is 212 g/mol. The summed E-state index contributed by atoms with van der Waals surface area (Å²) in [6, 6.07) is 8.01. The van der Waals surface area contributed by atoms with Gasteiger partial charge < -0.3 is 9.84 Å². The summed E-state index contributed by atoms with van der Waals surface area (Å²) in [5, 5.41) is 10.3. The van der Waals surface area contributed by atoms with E-state index < -0.39 is 0 Å². The fourth-order valence-electron chi connectivity index (χ4n) is 2.70. The normalized spacial score (nSPS) is 22.6. The van der Waals surface area contributed by atoms with Gasteiger partial charge in [0.1, 0.15) is 5.75 Å². The Hall–Kier alpha value is -1.02. The Morgan fingerprint density at radius 1 is 1.12 bits per heavy atom. The molecule has 2 fully saturated rings. The Labute approximate surface area is 103 Å². The Morgan fingerprint density at radius 2 is 1.88 bits per heavy atom. The third-order valence-electron chi connectivity index (χ3n) is 3.87. The van der Waals surface area contributed by atoms with Gasteiger partial charge in [-0.25, -0.2) is 0 Å². The number of hydrogen-bond acceptors (Lipinski definition) is 2. The first kappa shape index (κ1) is 11.1. The maximum atomic E-state index is 10.3. The van der Waals surface area contributed by atoms with E-state index >= 15 is 0 Å². The molecule has 2 aliphatic rings. The molecule has 17 heavy (non-hydrogen) atoms. The highest BCUT2D eigenvalue weighted by atomic mass is 16.5. The minimum absolute atomic E-state index is 0.305. The molecule has 0 radical (unpaired) electrons. The average Bonchev–Trinajstić information content (AvgIpc) is 2.99. The average molecular weight is 232 g/mol. The van der Waals surface area contributed by atoms with Crippen molar-refractivity contribution in [2.24, 2.45) is 5.92 Å². The van der Waals surface area contributed by atoms with Crippen molar-refractivity contribution in [2.75, 3.05) is 0 Å². The highest BCUT2D eigenvalue weighted by Gasteiger charge is 2.26. The standard InChI is InChI=1S/C15H20O2/c16-15(11-4-1-2-5-11)12-6-3-7-14(10-12)17-13-8-9-13/h3,6-7,10-11,13,15-16H,1-2,4-5,8-9H2. The Kier molecular flexibility index (Phi) is 3.06. The highest BCUT2D eigenvalue weighted by molar-refractivity contribution is 5.30. The van der Waals surface area contributed by atoms with Gasteiger partial charge in [-0.3, -0.25) is 0 Å². The van der Waals surface area contributed by atoms with Gasteiger partial charge in [0.05, 0.1) is 12.2 Å². The summed E-state index contributed by atoms with van der Waals surface area (Å²) in [4.78, 5) is 0. The SMILES string of the molecule is OC(c1cccc(OC2CC2)c1)C1CCCC1. The second-order valence-corrected chi connectivity index (χ2v) is 5.38. The quantitative estimate of drug-likeness (QED) is 0.861. The highest BCUT2D eigenvalue weighted by Crippen LogP contribution is 2.37.